The smallest absolute Gasteiger partial charge is 0.271 e. The van der Waals surface area contributed by atoms with Crippen LogP contribution in [-0.2, 0) is 6.54 Å². The van der Waals surface area contributed by atoms with Gasteiger partial charge >= 0.3 is 0 Å². The minimum Gasteiger partial charge on any atom is -0.493 e. The molecule has 1 aromatic heterocycles. The third-order valence-electron chi connectivity index (χ3n) is 3.36. The summed E-state index contributed by atoms with van der Waals surface area (Å²) in [6.45, 7) is 6.16. The van der Waals surface area contributed by atoms with Crippen LogP contribution >= 0.6 is 23.7 Å². The monoisotopic (exact) mass is 385 g/mol. The normalized spacial score (nSPS) is 11.6. The van der Waals surface area contributed by atoms with Crippen molar-refractivity contribution in [3.8, 4) is 11.5 Å². The molecule has 0 aliphatic carbocycles. The molecule has 2 aromatic rings. The van der Waals surface area contributed by atoms with Crippen molar-refractivity contribution in [3.63, 3.8) is 0 Å². The van der Waals surface area contributed by atoms with Crippen LogP contribution in [0.5, 0.6) is 11.5 Å². The molecule has 6 nitrogen and oxygen atoms in total. The summed E-state index contributed by atoms with van der Waals surface area (Å²) in [6, 6.07) is 5.45. The first-order valence-electron chi connectivity index (χ1n) is 7.74. The molecule has 25 heavy (non-hydrogen) atoms. The van der Waals surface area contributed by atoms with Gasteiger partial charge in [0.25, 0.3) is 5.91 Å². The predicted octanol–water partition coefficient (Wildman–Crippen LogP) is 3.31. The number of amides is 1. The number of hydrogen-bond acceptors (Lipinski definition) is 6. The zero-order chi connectivity index (χ0) is 17.7. The Morgan fingerprint density at radius 3 is 2.60 bits per heavy atom. The molecule has 0 radical (unpaired) electrons. The molecule has 3 N–H and O–H groups in total. The maximum Gasteiger partial charge on any atom is 0.271 e. The van der Waals surface area contributed by atoms with Gasteiger partial charge in [-0.2, -0.15) is 0 Å². The third kappa shape index (κ3) is 5.59. The number of methoxy groups -OCH3 is 1. The second kappa shape index (κ2) is 9.60. The number of carbonyl (C=O) groups excluding carboxylic acids is 1. The Bertz CT molecular complexity index is 706. The van der Waals surface area contributed by atoms with Crippen molar-refractivity contribution in [2.24, 2.45) is 5.73 Å². The highest BCUT2D eigenvalue weighted by Crippen LogP contribution is 2.31. The van der Waals surface area contributed by atoms with E-state index in [9.17, 15) is 4.79 Å². The fourth-order valence-corrected chi connectivity index (χ4v) is 2.82. The number of halogens is 1. The molecule has 2 rings (SSSR count). The van der Waals surface area contributed by atoms with Gasteiger partial charge in [-0.15, -0.1) is 23.7 Å². The number of benzene rings is 1. The Morgan fingerprint density at radius 2 is 2.04 bits per heavy atom. The molecule has 0 saturated carbocycles. The highest BCUT2D eigenvalue weighted by molar-refractivity contribution is 7.09. The Morgan fingerprint density at radius 1 is 1.32 bits per heavy atom. The molecule has 8 heteroatoms. The Kier molecular flexibility index (Phi) is 8.15. The first kappa shape index (κ1) is 21.2. The number of nitrogens with one attached hydrogen (secondary N) is 1. The van der Waals surface area contributed by atoms with Gasteiger partial charge in [0, 0.05) is 11.9 Å². The van der Waals surface area contributed by atoms with Crippen LogP contribution in [-0.4, -0.2) is 24.1 Å². The Hall–Kier alpha value is -1.83. The number of thiazole rings is 1. The van der Waals surface area contributed by atoms with E-state index in [0.717, 1.165) is 10.6 Å². The number of aromatic nitrogens is 1. The van der Waals surface area contributed by atoms with Crippen LogP contribution in [0.4, 0.5) is 0 Å². The summed E-state index contributed by atoms with van der Waals surface area (Å²) < 4.78 is 11.1. The maximum absolute atomic E-state index is 12.3. The summed E-state index contributed by atoms with van der Waals surface area (Å²) >= 11 is 1.38. The molecule has 1 aromatic carbocycles. The zero-order valence-corrected chi connectivity index (χ0v) is 16.4. The molecule has 0 spiro atoms. The standard InChI is InChI=1S/C17H23N3O3S.ClH/c1-10(2)23-14-6-5-12(7-15(14)22-4)11(3)19-17(21)13-9-24-16(8-18)20-13;/h5-7,9-11H,8,18H2,1-4H3,(H,19,21);1H. The number of nitrogens with zero attached hydrogens (tertiary/aromatic N) is 1. The SMILES string of the molecule is COc1cc(C(C)NC(=O)c2csc(CN)n2)ccc1OC(C)C.Cl. The summed E-state index contributed by atoms with van der Waals surface area (Å²) in [5.74, 6) is 1.10. The summed E-state index contributed by atoms with van der Waals surface area (Å²) in [5, 5.41) is 5.38. The zero-order valence-electron chi connectivity index (χ0n) is 14.7. The largest absolute Gasteiger partial charge is 0.493 e. The predicted molar refractivity (Wildman–Crippen MR) is 102 cm³/mol. The summed E-state index contributed by atoms with van der Waals surface area (Å²) in [6.07, 6.45) is 0.0586. The number of hydrogen-bond donors (Lipinski definition) is 2. The second-order valence-electron chi connectivity index (χ2n) is 5.60. The van der Waals surface area contributed by atoms with Gasteiger partial charge in [0.05, 0.1) is 19.3 Å². The lowest BCUT2D eigenvalue weighted by molar-refractivity contribution is 0.0935. The van der Waals surface area contributed by atoms with Crippen LogP contribution in [0, 0.1) is 0 Å². The lowest BCUT2D eigenvalue weighted by Crippen LogP contribution is -2.27. The van der Waals surface area contributed by atoms with Crippen LogP contribution in [0.25, 0.3) is 0 Å². The minimum absolute atomic E-state index is 0. The fraction of sp³-hybridized carbons (Fsp3) is 0.412. The van der Waals surface area contributed by atoms with E-state index < -0.39 is 0 Å². The lowest BCUT2D eigenvalue weighted by Gasteiger charge is -2.18. The topological polar surface area (TPSA) is 86.5 Å². The number of ether oxygens (including phenoxy) is 2. The molecule has 0 aliphatic rings. The van der Waals surface area contributed by atoms with Gasteiger partial charge in [-0.05, 0) is 38.5 Å². The van der Waals surface area contributed by atoms with E-state index in [0.29, 0.717) is 23.7 Å². The second-order valence-corrected chi connectivity index (χ2v) is 6.55. The van der Waals surface area contributed by atoms with Crippen LogP contribution in [0.2, 0.25) is 0 Å². The van der Waals surface area contributed by atoms with Crippen LogP contribution in [0.1, 0.15) is 47.9 Å². The van der Waals surface area contributed by atoms with Gasteiger partial charge in [-0.3, -0.25) is 4.79 Å². The molecular formula is C17H24ClN3O3S. The molecule has 0 bridgehead atoms. The Balaban J connectivity index is 0.00000312. The number of carbonyl (C=O) groups is 1. The van der Waals surface area contributed by atoms with Crippen LogP contribution < -0.4 is 20.5 Å². The molecule has 1 heterocycles. The number of nitrogens with two attached hydrogens (primary N) is 1. The minimum atomic E-state index is -0.222. The lowest BCUT2D eigenvalue weighted by atomic mass is 10.1. The molecule has 1 amide bonds. The first-order chi connectivity index (χ1) is 11.4. The molecule has 0 saturated heterocycles. The molecule has 1 atom stereocenters. The van der Waals surface area contributed by atoms with Crippen molar-refractivity contribution in [2.75, 3.05) is 7.11 Å². The van der Waals surface area contributed by atoms with Crippen LogP contribution in [0.15, 0.2) is 23.6 Å². The third-order valence-corrected chi connectivity index (χ3v) is 4.23. The van der Waals surface area contributed by atoms with Gasteiger partial charge in [0.15, 0.2) is 11.5 Å². The molecule has 0 fully saturated rings. The van der Waals surface area contributed by atoms with E-state index >= 15 is 0 Å². The van der Waals surface area contributed by atoms with Crippen molar-refractivity contribution in [1.29, 1.82) is 0 Å². The fourth-order valence-electron chi connectivity index (χ4n) is 2.17. The van der Waals surface area contributed by atoms with E-state index in [4.69, 9.17) is 15.2 Å². The quantitative estimate of drug-likeness (QED) is 0.763. The van der Waals surface area contributed by atoms with E-state index in [1.54, 1.807) is 12.5 Å². The van der Waals surface area contributed by atoms with E-state index in [1.165, 1.54) is 11.3 Å². The van der Waals surface area contributed by atoms with Crippen molar-refractivity contribution < 1.29 is 14.3 Å². The van der Waals surface area contributed by atoms with E-state index in [1.807, 2.05) is 39.0 Å². The highest BCUT2D eigenvalue weighted by atomic mass is 35.5. The molecule has 1 unspecified atom stereocenters. The van der Waals surface area contributed by atoms with Gasteiger partial charge < -0.3 is 20.5 Å². The number of rotatable bonds is 7. The highest BCUT2D eigenvalue weighted by Gasteiger charge is 2.16. The molecular weight excluding hydrogens is 362 g/mol. The summed E-state index contributed by atoms with van der Waals surface area (Å²) in [4.78, 5) is 16.5. The summed E-state index contributed by atoms with van der Waals surface area (Å²) in [5.41, 5.74) is 6.84. The van der Waals surface area contributed by atoms with Gasteiger partial charge in [0.2, 0.25) is 0 Å². The van der Waals surface area contributed by atoms with Crippen molar-refractivity contribution in [3.05, 3.63) is 39.8 Å². The average Bonchev–Trinajstić information content (AvgIpc) is 3.03. The molecule has 0 aliphatic heterocycles. The first-order valence-corrected chi connectivity index (χ1v) is 8.62. The molecule has 138 valence electrons. The van der Waals surface area contributed by atoms with E-state index in [-0.39, 0.29) is 30.5 Å². The Labute approximate surface area is 158 Å². The van der Waals surface area contributed by atoms with Crippen molar-refractivity contribution in [2.45, 2.75) is 39.5 Å². The van der Waals surface area contributed by atoms with Gasteiger partial charge in [-0.25, -0.2) is 4.98 Å². The van der Waals surface area contributed by atoms with Crippen LogP contribution in [0.3, 0.4) is 0 Å². The van der Waals surface area contributed by atoms with Gasteiger partial charge in [0.1, 0.15) is 10.7 Å². The van der Waals surface area contributed by atoms with Crippen molar-refractivity contribution >= 4 is 29.7 Å². The van der Waals surface area contributed by atoms with E-state index in [2.05, 4.69) is 10.3 Å². The van der Waals surface area contributed by atoms with Gasteiger partial charge in [-0.1, -0.05) is 6.07 Å². The van der Waals surface area contributed by atoms with Crippen molar-refractivity contribution in [1.82, 2.24) is 10.3 Å². The average molecular weight is 386 g/mol. The summed E-state index contributed by atoms with van der Waals surface area (Å²) in [7, 11) is 1.60. The maximum atomic E-state index is 12.3.